The molecular formula is C29H38N2O3. The van der Waals surface area contributed by atoms with Gasteiger partial charge in [0.2, 0.25) is 0 Å². The Bertz CT molecular complexity index is 1040. The van der Waals surface area contributed by atoms with E-state index in [4.69, 9.17) is 4.84 Å². The van der Waals surface area contributed by atoms with Gasteiger partial charge < -0.3 is 9.94 Å². The Balaban J connectivity index is 1.36. The van der Waals surface area contributed by atoms with E-state index in [1.54, 1.807) is 0 Å². The van der Waals surface area contributed by atoms with Crippen LogP contribution in [0.3, 0.4) is 0 Å². The van der Waals surface area contributed by atoms with Gasteiger partial charge in [-0.1, -0.05) is 55.3 Å². The minimum atomic E-state index is -0.680. The number of oxime groups is 1. The quantitative estimate of drug-likeness (QED) is 0.363. The van der Waals surface area contributed by atoms with Crippen molar-refractivity contribution in [1.82, 2.24) is 4.90 Å². The number of benzene rings is 2. The number of aryl methyl sites for hydroxylation is 2. The number of nitrogens with zero attached hydrogens (tertiary/aromatic N) is 2. The number of carbonyl (C=O) groups is 1. The molecule has 1 saturated heterocycles. The zero-order valence-corrected chi connectivity index (χ0v) is 20.8. The maximum Gasteiger partial charge on any atom is 0.307 e. The highest BCUT2D eigenvalue weighted by Crippen LogP contribution is 2.35. The van der Waals surface area contributed by atoms with Crippen LogP contribution in [0.25, 0.3) is 0 Å². The highest BCUT2D eigenvalue weighted by Gasteiger charge is 2.28. The molecule has 4 rings (SSSR count). The van der Waals surface area contributed by atoms with Gasteiger partial charge in [-0.05, 0) is 91.4 Å². The molecule has 0 spiro atoms. The van der Waals surface area contributed by atoms with Gasteiger partial charge in [0, 0.05) is 13.1 Å². The third-order valence-corrected chi connectivity index (χ3v) is 7.58. The second-order valence-corrected chi connectivity index (χ2v) is 10.0. The molecule has 2 aliphatic rings. The predicted molar refractivity (Wildman–Crippen MR) is 136 cm³/mol. The Kier molecular flexibility index (Phi) is 8.04. The summed E-state index contributed by atoms with van der Waals surface area (Å²) in [6.07, 6.45) is 7.01. The minimum absolute atomic E-state index is 0.237. The summed E-state index contributed by atoms with van der Waals surface area (Å²) in [6, 6.07) is 13.2. The van der Waals surface area contributed by atoms with Crippen molar-refractivity contribution in [3.8, 4) is 0 Å². The SMILES string of the molecule is CCc1cc(C(C)=NOCc2ccc(C3CCCC3)c(C)c2)ccc1CN1CCC(C(=O)O)C1. The minimum Gasteiger partial charge on any atom is -0.481 e. The van der Waals surface area contributed by atoms with E-state index in [0.717, 1.165) is 48.7 Å². The van der Waals surface area contributed by atoms with Crippen LogP contribution >= 0.6 is 0 Å². The molecule has 0 amide bonds. The first-order chi connectivity index (χ1) is 16.4. The van der Waals surface area contributed by atoms with E-state index in [1.165, 1.54) is 47.9 Å². The maximum absolute atomic E-state index is 11.3. The number of aliphatic carboxylic acids is 1. The average molecular weight is 463 g/mol. The molecule has 5 heteroatoms. The molecule has 2 aromatic rings. The van der Waals surface area contributed by atoms with Crippen LogP contribution in [0.5, 0.6) is 0 Å². The maximum atomic E-state index is 11.3. The molecule has 1 aliphatic heterocycles. The second-order valence-electron chi connectivity index (χ2n) is 10.0. The number of carboxylic acid groups (broad SMARTS) is 1. The predicted octanol–water partition coefficient (Wildman–Crippen LogP) is 6.06. The second kappa shape index (κ2) is 11.2. The summed E-state index contributed by atoms with van der Waals surface area (Å²) in [5.41, 5.74) is 8.51. The van der Waals surface area contributed by atoms with Gasteiger partial charge in [-0.2, -0.15) is 0 Å². The molecule has 1 unspecified atom stereocenters. The van der Waals surface area contributed by atoms with Crippen LogP contribution in [-0.4, -0.2) is 34.8 Å². The lowest BCUT2D eigenvalue weighted by Crippen LogP contribution is -2.23. The smallest absolute Gasteiger partial charge is 0.307 e. The van der Waals surface area contributed by atoms with Crippen molar-refractivity contribution in [2.24, 2.45) is 11.1 Å². The van der Waals surface area contributed by atoms with Crippen molar-refractivity contribution in [2.75, 3.05) is 13.1 Å². The fourth-order valence-electron chi connectivity index (χ4n) is 5.53. The van der Waals surface area contributed by atoms with Gasteiger partial charge in [0.15, 0.2) is 0 Å². The van der Waals surface area contributed by atoms with Gasteiger partial charge in [0.1, 0.15) is 6.61 Å². The molecule has 1 saturated carbocycles. The van der Waals surface area contributed by atoms with Gasteiger partial charge >= 0.3 is 5.97 Å². The van der Waals surface area contributed by atoms with Crippen LogP contribution < -0.4 is 0 Å². The summed E-state index contributed by atoms with van der Waals surface area (Å²) >= 11 is 0. The standard InChI is InChI=1S/C29H38N2O3/c1-4-23-16-25(10-11-26(23)17-31-14-13-27(18-31)29(32)33)21(3)30-34-19-22-9-12-28(20(2)15-22)24-7-5-6-8-24/h9-12,15-16,24,27H,4-8,13-14,17-19H2,1-3H3,(H,32,33). The third-order valence-electron chi connectivity index (χ3n) is 7.58. The summed E-state index contributed by atoms with van der Waals surface area (Å²) in [5, 5.41) is 13.7. The summed E-state index contributed by atoms with van der Waals surface area (Å²) in [7, 11) is 0. The summed E-state index contributed by atoms with van der Waals surface area (Å²) < 4.78 is 0. The third kappa shape index (κ3) is 5.87. The van der Waals surface area contributed by atoms with Gasteiger partial charge in [0.05, 0.1) is 11.6 Å². The van der Waals surface area contributed by atoms with E-state index in [2.05, 4.69) is 60.3 Å². The van der Waals surface area contributed by atoms with E-state index in [9.17, 15) is 9.90 Å². The molecule has 2 fully saturated rings. The lowest BCUT2D eigenvalue weighted by atomic mass is 9.92. The number of hydrogen-bond donors (Lipinski definition) is 1. The van der Waals surface area contributed by atoms with Crippen molar-refractivity contribution in [3.63, 3.8) is 0 Å². The van der Waals surface area contributed by atoms with Gasteiger partial charge in [-0.15, -0.1) is 0 Å². The Morgan fingerprint density at radius 2 is 1.91 bits per heavy atom. The van der Waals surface area contributed by atoms with Gasteiger partial charge in [-0.25, -0.2) is 0 Å². The van der Waals surface area contributed by atoms with Gasteiger partial charge in [0.25, 0.3) is 0 Å². The Hall–Kier alpha value is -2.66. The van der Waals surface area contributed by atoms with Crippen molar-refractivity contribution < 1.29 is 14.7 Å². The molecule has 2 aromatic carbocycles. The molecule has 5 nitrogen and oxygen atoms in total. The molecule has 1 atom stereocenters. The summed E-state index contributed by atoms with van der Waals surface area (Å²) in [6.45, 7) is 9.11. The summed E-state index contributed by atoms with van der Waals surface area (Å²) in [5.74, 6) is -0.186. The Labute approximate surface area is 203 Å². The summed E-state index contributed by atoms with van der Waals surface area (Å²) in [4.78, 5) is 19.2. The Morgan fingerprint density at radius 3 is 2.59 bits per heavy atom. The first-order valence-corrected chi connectivity index (χ1v) is 12.8. The fraction of sp³-hybridized carbons (Fsp3) is 0.517. The van der Waals surface area contributed by atoms with E-state index in [-0.39, 0.29) is 5.92 Å². The highest BCUT2D eigenvalue weighted by atomic mass is 16.6. The molecule has 34 heavy (non-hydrogen) atoms. The van der Waals surface area contributed by atoms with Crippen LogP contribution in [0.2, 0.25) is 0 Å². The average Bonchev–Trinajstić information content (AvgIpc) is 3.52. The number of likely N-dealkylation sites (tertiary alicyclic amines) is 1. The molecule has 0 aromatic heterocycles. The zero-order valence-electron chi connectivity index (χ0n) is 20.8. The highest BCUT2D eigenvalue weighted by molar-refractivity contribution is 5.98. The number of rotatable bonds is 9. The Morgan fingerprint density at radius 1 is 1.12 bits per heavy atom. The zero-order chi connectivity index (χ0) is 24.1. The monoisotopic (exact) mass is 462 g/mol. The fourth-order valence-corrected chi connectivity index (χ4v) is 5.53. The molecule has 1 heterocycles. The molecular weight excluding hydrogens is 424 g/mol. The largest absolute Gasteiger partial charge is 0.481 e. The number of hydrogen-bond acceptors (Lipinski definition) is 4. The molecule has 182 valence electrons. The molecule has 0 radical (unpaired) electrons. The first-order valence-electron chi connectivity index (χ1n) is 12.8. The van der Waals surface area contributed by atoms with Crippen molar-refractivity contribution in [2.45, 2.75) is 78.4 Å². The van der Waals surface area contributed by atoms with Crippen molar-refractivity contribution >= 4 is 11.7 Å². The lowest BCUT2D eigenvalue weighted by Gasteiger charge is -2.18. The lowest BCUT2D eigenvalue weighted by molar-refractivity contribution is -0.141. The first kappa shape index (κ1) is 24.5. The molecule has 1 N–H and O–H groups in total. The van der Waals surface area contributed by atoms with E-state index in [1.807, 2.05) is 6.92 Å². The number of carboxylic acids is 1. The van der Waals surface area contributed by atoms with Crippen molar-refractivity contribution in [1.29, 1.82) is 0 Å². The molecule has 0 bridgehead atoms. The van der Waals surface area contributed by atoms with Crippen LogP contribution in [0, 0.1) is 12.8 Å². The topological polar surface area (TPSA) is 62.1 Å². The van der Waals surface area contributed by atoms with Crippen LogP contribution in [0.1, 0.15) is 85.3 Å². The molecule has 1 aliphatic carbocycles. The normalized spacial score (nSPS) is 19.6. The van der Waals surface area contributed by atoms with E-state index in [0.29, 0.717) is 13.2 Å². The van der Waals surface area contributed by atoms with E-state index >= 15 is 0 Å². The van der Waals surface area contributed by atoms with E-state index < -0.39 is 5.97 Å². The van der Waals surface area contributed by atoms with Crippen LogP contribution in [-0.2, 0) is 29.2 Å². The van der Waals surface area contributed by atoms with Crippen LogP contribution in [0.15, 0.2) is 41.6 Å². The van der Waals surface area contributed by atoms with Gasteiger partial charge in [-0.3, -0.25) is 9.69 Å². The van der Waals surface area contributed by atoms with Crippen LogP contribution in [0.4, 0.5) is 0 Å². The van der Waals surface area contributed by atoms with Crippen molar-refractivity contribution in [3.05, 3.63) is 69.8 Å².